The zero-order valence-electron chi connectivity index (χ0n) is 12.5. The molecule has 1 aromatic rings. The zero-order chi connectivity index (χ0) is 14.8. The first-order valence-corrected chi connectivity index (χ1v) is 7.69. The number of fused-ring (bicyclic) bond motifs is 1. The molecule has 0 spiro atoms. The Morgan fingerprint density at radius 2 is 2.38 bits per heavy atom. The number of aromatic nitrogens is 1. The molecule has 114 valence electrons. The molecule has 0 unspecified atom stereocenters. The molecule has 1 aliphatic heterocycles. The van der Waals surface area contributed by atoms with Crippen LogP contribution in [0.3, 0.4) is 0 Å². The summed E-state index contributed by atoms with van der Waals surface area (Å²) in [5.74, 6) is 0.766. The molecule has 1 saturated heterocycles. The highest BCUT2D eigenvalue weighted by molar-refractivity contribution is 5.96. The third-order valence-corrected chi connectivity index (χ3v) is 4.17. The summed E-state index contributed by atoms with van der Waals surface area (Å²) in [5, 5.41) is 3.11. The van der Waals surface area contributed by atoms with Crippen molar-refractivity contribution in [3.63, 3.8) is 0 Å². The van der Waals surface area contributed by atoms with Crippen molar-refractivity contribution < 1.29 is 14.3 Å². The molecular formula is C16H22N2O3. The molecule has 0 radical (unpaired) electrons. The van der Waals surface area contributed by atoms with Crippen molar-refractivity contribution in [2.45, 2.75) is 51.4 Å². The first kappa shape index (κ1) is 14.3. The fourth-order valence-corrected chi connectivity index (χ4v) is 3.09. The second kappa shape index (κ2) is 6.02. The van der Waals surface area contributed by atoms with Gasteiger partial charge in [0, 0.05) is 24.8 Å². The zero-order valence-corrected chi connectivity index (χ0v) is 12.5. The van der Waals surface area contributed by atoms with Gasteiger partial charge in [0.25, 0.3) is 5.91 Å². The molecule has 5 heteroatoms. The van der Waals surface area contributed by atoms with Gasteiger partial charge in [-0.3, -0.25) is 4.79 Å². The van der Waals surface area contributed by atoms with Crippen LogP contribution in [-0.2, 0) is 4.74 Å². The smallest absolute Gasteiger partial charge is 0.256 e. The van der Waals surface area contributed by atoms with Crippen LogP contribution in [0.15, 0.2) is 18.3 Å². The Hall–Kier alpha value is -1.62. The average molecular weight is 290 g/mol. The van der Waals surface area contributed by atoms with Crippen molar-refractivity contribution in [2.75, 3.05) is 6.61 Å². The number of rotatable bonds is 4. The summed E-state index contributed by atoms with van der Waals surface area (Å²) in [6.45, 7) is 4.70. The number of pyridine rings is 1. The second-order valence-corrected chi connectivity index (χ2v) is 6.05. The third-order valence-electron chi connectivity index (χ3n) is 4.17. The lowest BCUT2D eigenvalue weighted by molar-refractivity contribution is -0.100. The number of carbonyl (C=O) groups excluding carboxylic acids is 1. The number of hydrogen-bond donors (Lipinski definition) is 1. The van der Waals surface area contributed by atoms with Crippen LogP contribution < -0.4 is 10.1 Å². The molecule has 1 aliphatic carbocycles. The highest BCUT2D eigenvalue weighted by Crippen LogP contribution is 2.38. The van der Waals surface area contributed by atoms with Gasteiger partial charge < -0.3 is 14.8 Å². The number of hydrogen-bond acceptors (Lipinski definition) is 4. The van der Waals surface area contributed by atoms with Crippen molar-refractivity contribution >= 4 is 5.91 Å². The summed E-state index contributed by atoms with van der Waals surface area (Å²) < 4.78 is 11.3. The highest BCUT2D eigenvalue weighted by atomic mass is 16.5. The maximum atomic E-state index is 12.5. The monoisotopic (exact) mass is 290 g/mol. The second-order valence-electron chi connectivity index (χ2n) is 6.05. The minimum atomic E-state index is -0.104. The largest absolute Gasteiger partial charge is 0.474 e. The van der Waals surface area contributed by atoms with Gasteiger partial charge in [-0.25, -0.2) is 4.98 Å². The fourth-order valence-electron chi connectivity index (χ4n) is 3.09. The topological polar surface area (TPSA) is 60.5 Å². The summed E-state index contributed by atoms with van der Waals surface area (Å²) in [4.78, 5) is 16.6. The quantitative estimate of drug-likeness (QED) is 0.923. The van der Waals surface area contributed by atoms with Crippen molar-refractivity contribution in [2.24, 2.45) is 5.92 Å². The molecule has 0 bridgehead atoms. The summed E-state index contributed by atoms with van der Waals surface area (Å²) in [7, 11) is 0. The van der Waals surface area contributed by atoms with Gasteiger partial charge >= 0.3 is 0 Å². The lowest BCUT2D eigenvalue weighted by atomic mass is 9.72. The normalized spacial score (nSPS) is 27.7. The fraction of sp³-hybridized carbons (Fsp3) is 0.625. The van der Waals surface area contributed by atoms with E-state index in [9.17, 15) is 4.79 Å². The highest BCUT2D eigenvalue weighted by Gasteiger charge is 2.44. The van der Waals surface area contributed by atoms with Crippen LogP contribution in [0.2, 0.25) is 0 Å². The van der Waals surface area contributed by atoms with Crippen LogP contribution in [0.1, 0.15) is 43.5 Å². The van der Waals surface area contributed by atoms with E-state index in [4.69, 9.17) is 9.47 Å². The number of carbonyl (C=O) groups is 1. The first-order valence-electron chi connectivity index (χ1n) is 7.69. The van der Waals surface area contributed by atoms with Gasteiger partial charge in [-0.2, -0.15) is 0 Å². The number of amides is 1. The lowest BCUT2D eigenvalue weighted by Crippen LogP contribution is -2.57. The van der Waals surface area contributed by atoms with Gasteiger partial charge in [0.05, 0.1) is 12.2 Å². The van der Waals surface area contributed by atoms with Gasteiger partial charge in [0.2, 0.25) is 5.88 Å². The van der Waals surface area contributed by atoms with E-state index in [0.29, 0.717) is 23.5 Å². The molecule has 5 nitrogen and oxygen atoms in total. The molecule has 3 atom stereocenters. The Bertz CT molecular complexity index is 518. The van der Waals surface area contributed by atoms with Gasteiger partial charge in [0.1, 0.15) is 5.56 Å². The minimum absolute atomic E-state index is 0.00808. The van der Waals surface area contributed by atoms with E-state index in [-0.39, 0.29) is 18.1 Å². The Kier molecular flexibility index (Phi) is 4.10. The van der Waals surface area contributed by atoms with Gasteiger partial charge in [0.15, 0.2) is 0 Å². The molecule has 2 heterocycles. The minimum Gasteiger partial charge on any atom is -0.474 e. The van der Waals surface area contributed by atoms with Crippen LogP contribution in [0, 0.1) is 5.92 Å². The van der Waals surface area contributed by atoms with Crippen molar-refractivity contribution in [3.05, 3.63) is 23.9 Å². The molecule has 1 amide bonds. The van der Waals surface area contributed by atoms with Gasteiger partial charge in [-0.05, 0) is 45.2 Å². The Morgan fingerprint density at radius 3 is 3.14 bits per heavy atom. The van der Waals surface area contributed by atoms with Crippen molar-refractivity contribution in [1.82, 2.24) is 10.3 Å². The summed E-state index contributed by atoms with van der Waals surface area (Å²) in [6, 6.07) is 3.73. The van der Waals surface area contributed by atoms with Crippen LogP contribution in [0.5, 0.6) is 5.88 Å². The van der Waals surface area contributed by atoms with E-state index >= 15 is 0 Å². The molecule has 1 N–H and O–H groups in total. The Balaban J connectivity index is 1.66. The van der Waals surface area contributed by atoms with Crippen LogP contribution >= 0.6 is 0 Å². The van der Waals surface area contributed by atoms with Gasteiger partial charge in [-0.15, -0.1) is 0 Å². The van der Waals surface area contributed by atoms with Crippen molar-refractivity contribution in [1.29, 1.82) is 0 Å². The maximum Gasteiger partial charge on any atom is 0.256 e. The summed E-state index contributed by atoms with van der Waals surface area (Å²) in [6.07, 6.45) is 5.11. The van der Waals surface area contributed by atoms with E-state index < -0.39 is 0 Å². The van der Waals surface area contributed by atoms with Crippen molar-refractivity contribution in [3.8, 4) is 5.88 Å². The van der Waals surface area contributed by atoms with E-state index in [1.54, 1.807) is 18.3 Å². The van der Waals surface area contributed by atoms with E-state index in [1.165, 1.54) is 0 Å². The molecule has 21 heavy (non-hydrogen) atoms. The Morgan fingerprint density at radius 1 is 1.52 bits per heavy atom. The number of nitrogens with zero attached hydrogens (tertiary/aromatic N) is 1. The molecule has 3 rings (SSSR count). The Labute approximate surface area is 125 Å². The molecule has 1 aromatic heterocycles. The van der Waals surface area contributed by atoms with E-state index in [0.717, 1.165) is 25.9 Å². The molecule has 2 aliphatic rings. The maximum absolute atomic E-state index is 12.5. The third kappa shape index (κ3) is 3.02. The summed E-state index contributed by atoms with van der Waals surface area (Å²) >= 11 is 0. The standard InChI is InChI=1S/C16H22N2O3/c1-10(2)21-16-12(5-3-7-17-16)15(19)18-13-9-14-11(13)6-4-8-20-14/h3,5,7,10-11,13-14H,4,6,8-9H2,1-2H3,(H,18,19)/t11-,13-,14-/m1/s1. The van der Waals surface area contributed by atoms with Gasteiger partial charge in [-0.1, -0.05) is 0 Å². The predicted molar refractivity (Wildman–Crippen MR) is 78.3 cm³/mol. The predicted octanol–water partition coefficient (Wildman–Crippen LogP) is 2.17. The number of ether oxygens (including phenoxy) is 2. The van der Waals surface area contributed by atoms with Crippen LogP contribution in [0.25, 0.3) is 0 Å². The van der Waals surface area contributed by atoms with E-state index in [1.807, 2.05) is 13.8 Å². The average Bonchev–Trinajstić information content (AvgIpc) is 2.44. The van der Waals surface area contributed by atoms with Crippen LogP contribution in [0.4, 0.5) is 0 Å². The lowest BCUT2D eigenvalue weighted by Gasteiger charge is -2.47. The SMILES string of the molecule is CC(C)Oc1ncccc1C(=O)N[C@@H]1C[C@H]2OCCC[C@H]12. The molecule has 2 fully saturated rings. The first-order chi connectivity index (χ1) is 10.1. The molecular weight excluding hydrogens is 268 g/mol. The molecule has 0 aromatic carbocycles. The summed E-state index contributed by atoms with van der Waals surface area (Å²) in [5.41, 5.74) is 0.506. The number of nitrogens with one attached hydrogen (secondary N) is 1. The molecule has 1 saturated carbocycles. The van der Waals surface area contributed by atoms with E-state index in [2.05, 4.69) is 10.3 Å². The van der Waals surface area contributed by atoms with Crippen LogP contribution in [-0.4, -0.2) is 35.7 Å².